The average Bonchev–Trinajstić information content (AvgIpc) is 3.13. The molecule has 4 aromatic rings. The summed E-state index contributed by atoms with van der Waals surface area (Å²) in [6.45, 7) is 1.89. The summed E-state index contributed by atoms with van der Waals surface area (Å²) in [4.78, 5) is 5.77. The minimum atomic E-state index is 0.669. The Morgan fingerprint density at radius 3 is 2.86 bits per heavy atom. The van der Waals surface area contributed by atoms with Crippen LogP contribution in [0.25, 0.3) is 26.2 Å². The molecule has 0 aromatic carbocycles. The Morgan fingerprint density at radius 1 is 1.19 bits per heavy atom. The van der Waals surface area contributed by atoms with E-state index in [4.69, 9.17) is 0 Å². The molecule has 21 heavy (non-hydrogen) atoms. The van der Waals surface area contributed by atoms with Crippen molar-refractivity contribution in [3.63, 3.8) is 0 Å². The van der Waals surface area contributed by atoms with E-state index >= 15 is 0 Å². The van der Waals surface area contributed by atoms with Gasteiger partial charge in [0.05, 0.1) is 5.69 Å². The standard InChI is InChI=1S/C11H6BrN7S2/c1-5-8(21-18-14-5)9-15-16-11-19(9)17-10(20-11)6-2-7(12)4-13-3-6/h2-4H,1H3. The van der Waals surface area contributed by atoms with Crippen molar-refractivity contribution in [3.8, 4) is 21.3 Å². The number of fused-ring (bicyclic) bond motifs is 1. The first-order chi connectivity index (χ1) is 10.2. The summed E-state index contributed by atoms with van der Waals surface area (Å²) in [5.74, 6) is 0.669. The maximum Gasteiger partial charge on any atom is 0.235 e. The average molecular weight is 380 g/mol. The van der Waals surface area contributed by atoms with Gasteiger partial charge in [0.25, 0.3) is 0 Å². The molecule has 7 nitrogen and oxygen atoms in total. The number of aryl methyl sites for hydroxylation is 1. The number of aromatic nitrogens is 7. The van der Waals surface area contributed by atoms with E-state index in [0.29, 0.717) is 5.82 Å². The molecule has 0 radical (unpaired) electrons. The van der Waals surface area contributed by atoms with Gasteiger partial charge >= 0.3 is 0 Å². The summed E-state index contributed by atoms with van der Waals surface area (Å²) >= 11 is 6.17. The second-order valence-corrected chi connectivity index (χ2v) is 6.83. The number of hydrogen-bond acceptors (Lipinski definition) is 8. The van der Waals surface area contributed by atoms with Crippen molar-refractivity contribution >= 4 is 43.8 Å². The third-order valence-corrected chi connectivity index (χ3v) is 5.00. The third kappa shape index (κ3) is 2.15. The molecule has 0 aliphatic rings. The molecule has 0 unspecified atom stereocenters. The maximum absolute atomic E-state index is 4.58. The van der Waals surface area contributed by atoms with Crippen LogP contribution in [0.15, 0.2) is 22.9 Å². The number of pyridine rings is 1. The lowest BCUT2D eigenvalue weighted by atomic mass is 10.3. The zero-order valence-electron chi connectivity index (χ0n) is 10.6. The van der Waals surface area contributed by atoms with Crippen molar-refractivity contribution in [3.05, 3.63) is 28.6 Å². The van der Waals surface area contributed by atoms with Crippen molar-refractivity contribution in [1.29, 1.82) is 0 Å². The van der Waals surface area contributed by atoms with E-state index < -0.39 is 0 Å². The summed E-state index contributed by atoms with van der Waals surface area (Å²) in [5.41, 5.74) is 1.76. The fourth-order valence-corrected chi connectivity index (χ4v) is 3.65. The van der Waals surface area contributed by atoms with Gasteiger partial charge in [0.15, 0.2) is 5.82 Å². The first-order valence-electron chi connectivity index (χ1n) is 5.85. The molecule has 4 aromatic heterocycles. The summed E-state index contributed by atoms with van der Waals surface area (Å²) in [6.07, 6.45) is 3.51. The van der Waals surface area contributed by atoms with Gasteiger partial charge in [-0.1, -0.05) is 15.8 Å². The molecule has 0 amide bonds. The molecule has 104 valence electrons. The molecule has 4 heterocycles. The largest absolute Gasteiger partial charge is 0.263 e. The Morgan fingerprint density at radius 2 is 2.10 bits per heavy atom. The van der Waals surface area contributed by atoms with E-state index in [2.05, 4.69) is 45.8 Å². The molecule has 0 saturated carbocycles. The summed E-state index contributed by atoms with van der Waals surface area (Å²) < 4.78 is 6.57. The molecule has 0 aliphatic heterocycles. The van der Waals surface area contributed by atoms with Crippen LogP contribution in [0.3, 0.4) is 0 Å². The Hall–Kier alpha value is -1.78. The lowest BCUT2D eigenvalue weighted by Crippen LogP contribution is -1.91. The van der Waals surface area contributed by atoms with Gasteiger partial charge in [-0.25, -0.2) is 0 Å². The highest BCUT2D eigenvalue weighted by molar-refractivity contribution is 9.10. The van der Waals surface area contributed by atoms with Crippen LogP contribution < -0.4 is 0 Å². The first-order valence-corrected chi connectivity index (χ1v) is 8.23. The Kier molecular flexibility index (Phi) is 3.01. The molecule has 4 rings (SSSR count). The van der Waals surface area contributed by atoms with E-state index in [1.54, 1.807) is 16.9 Å². The molecular weight excluding hydrogens is 374 g/mol. The van der Waals surface area contributed by atoms with E-state index in [9.17, 15) is 0 Å². The molecule has 0 N–H and O–H groups in total. The van der Waals surface area contributed by atoms with Crippen LogP contribution in [-0.4, -0.2) is 34.4 Å². The zero-order chi connectivity index (χ0) is 14.4. The van der Waals surface area contributed by atoms with Gasteiger partial charge in [-0.2, -0.15) is 9.61 Å². The Bertz CT molecular complexity index is 941. The highest BCUT2D eigenvalue weighted by atomic mass is 79.9. The highest BCUT2D eigenvalue weighted by Gasteiger charge is 2.18. The molecule has 0 aliphatic carbocycles. The molecule has 0 saturated heterocycles. The van der Waals surface area contributed by atoms with Gasteiger partial charge in [0, 0.05) is 22.4 Å². The van der Waals surface area contributed by atoms with E-state index in [0.717, 1.165) is 30.6 Å². The fraction of sp³-hybridized carbons (Fsp3) is 0.0909. The summed E-state index contributed by atoms with van der Waals surface area (Å²) in [7, 11) is 0. The number of nitrogens with zero attached hydrogens (tertiary/aromatic N) is 7. The first kappa shape index (κ1) is 12.9. The predicted molar refractivity (Wildman–Crippen MR) is 83.2 cm³/mol. The smallest absolute Gasteiger partial charge is 0.235 e. The Balaban J connectivity index is 1.88. The van der Waals surface area contributed by atoms with Gasteiger partial charge < -0.3 is 0 Å². The third-order valence-electron chi connectivity index (χ3n) is 2.80. The molecule has 0 fully saturated rings. The quantitative estimate of drug-likeness (QED) is 0.532. The SMILES string of the molecule is Cc1nnsc1-c1nnc2sc(-c3cncc(Br)c3)nn12. The number of hydrogen-bond donors (Lipinski definition) is 0. The second kappa shape index (κ2) is 4.90. The topological polar surface area (TPSA) is 81.8 Å². The normalized spacial score (nSPS) is 11.3. The van der Waals surface area contributed by atoms with Crippen LogP contribution in [0, 0.1) is 6.92 Å². The molecule has 10 heteroatoms. The van der Waals surface area contributed by atoms with Crippen molar-refractivity contribution in [2.75, 3.05) is 0 Å². The monoisotopic (exact) mass is 379 g/mol. The highest BCUT2D eigenvalue weighted by Crippen LogP contribution is 2.30. The van der Waals surface area contributed by atoms with Gasteiger partial charge in [-0.15, -0.1) is 15.3 Å². The van der Waals surface area contributed by atoms with Crippen LogP contribution in [0.4, 0.5) is 0 Å². The van der Waals surface area contributed by atoms with Crippen LogP contribution >= 0.6 is 38.8 Å². The lowest BCUT2D eigenvalue weighted by Gasteiger charge is -1.95. The Labute approximate surface area is 135 Å². The van der Waals surface area contributed by atoms with Crippen LogP contribution in [0.1, 0.15) is 5.69 Å². The van der Waals surface area contributed by atoms with Gasteiger partial charge in [-0.05, 0) is 40.5 Å². The van der Waals surface area contributed by atoms with E-state index in [1.165, 1.54) is 22.9 Å². The minimum absolute atomic E-state index is 0.669. The fourth-order valence-electron chi connectivity index (χ4n) is 1.84. The molecule has 0 bridgehead atoms. The van der Waals surface area contributed by atoms with E-state index in [1.807, 2.05) is 13.0 Å². The zero-order valence-corrected chi connectivity index (χ0v) is 13.8. The molecule has 0 spiro atoms. The van der Waals surface area contributed by atoms with Crippen LogP contribution in [-0.2, 0) is 0 Å². The predicted octanol–water partition coefficient (Wildman–Crippen LogP) is 2.84. The van der Waals surface area contributed by atoms with Crippen molar-refractivity contribution in [2.24, 2.45) is 0 Å². The molecular formula is C11H6BrN7S2. The minimum Gasteiger partial charge on any atom is -0.263 e. The maximum atomic E-state index is 4.58. The second-order valence-electron chi connectivity index (χ2n) is 4.20. The summed E-state index contributed by atoms with van der Waals surface area (Å²) in [6, 6.07) is 1.97. The number of rotatable bonds is 2. The molecule has 0 atom stereocenters. The number of halogens is 1. The van der Waals surface area contributed by atoms with Gasteiger partial charge in [0.1, 0.15) is 9.88 Å². The lowest BCUT2D eigenvalue weighted by molar-refractivity contribution is 0.968. The van der Waals surface area contributed by atoms with Crippen molar-refractivity contribution in [1.82, 2.24) is 34.4 Å². The summed E-state index contributed by atoms with van der Waals surface area (Å²) in [5, 5.41) is 17.8. The van der Waals surface area contributed by atoms with Crippen LogP contribution in [0.5, 0.6) is 0 Å². The van der Waals surface area contributed by atoms with Crippen LogP contribution in [0.2, 0.25) is 0 Å². The van der Waals surface area contributed by atoms with Gasteiger partial charge in [0.2, 0.25) is 4.96 Å². The van der Waals surface area contributed by atoms with E-state index in [-0.39, 0.29) is 0 Å². The van der Waals surface area contributed by atoms with Gasteiger partial charge in [-0.3, -0.25) is 4.98 Å². The van der Waals surface area contributed by atoms with Crippen molar-refractivity contribution in [2.45, 2.75) is 6.92 Å². The van der Waals surface area contributed by atoms with Crippen molar-refractivity contribution < 1.29 is 0 Å².